The smallest absolute Gasteiger partial charge is 0.257 e. The van der Waals surface area contributed by atoms with Gasteiger partial charge in [-0.05, 0) is 62.3 Å². The van der Waals surface area contributed by atoms with Gasteiger partial charge in [0.05, 0.1) is 12.1 Å². The maximum absolute atomic E-state index is 13.4. The van der Waals surface area contributed by atoms with Gasteiger partial charge < -0.3 is 10.2 Å². The standard InChI is InChI=1S/C27H27N3O2S/c1-19-8-12-22(13-9-19)28-27(33)29(17-16-21-6-4-3-5-7-21)24-18-25(31)30(26(24)32)23-14-10-20(2)11-15-23/h3-15,24H,16-18H2,1-2H3,(H,28,33)/t24-/m0/s1. The average molecular weight is 458 g/mol. The monoisotopic (exact) mass is 457 g/mol. The van der Waals surface area contributed by atoms with Gasteiger partial charge in [0.25, 0.3) is 5.91 Å². The van der Waals surface area contributed by atoms with Crippen LogP contribution in [-0.2, 0) is 16.0 Å². The number of aryl methyl sites for hydroxylation is 2. The fraction of sp³-hybridized carbons (Fsp3) is 0.222. The van der Waals surface area contributed by atoms with Gasteiger partial charge in [-0.3, -0.25) is 9.59 Å². The summed E-state index contributed by atoms with van der Waals surface area (Å²) in [6, 6.07) is 24.8. The molecule has 1 N–H and O–H groups in total. The maximum Gasteiger partial charge on any atom is 0.257 e. The van der Waals surface area contributed by atoms with Gasteiger partial charge in [-0.1, -0.05) is 65.7 Å². The third kappa shape index (κ3) is 5.29. The Bertz CT molecular complexity index is 1140. The number of rotatable bonds is 6. The molecule has 0 radical (unpaired) electrons. The summed E-state index contributed by atoms with van der Waals surface area (Å²) in [5.41, 5.74) is 4.81. The first-order chi connectivity index (χ1) is 15.9. The van der Waals surface area contributed by atoms with Gasteiger partial charge in [0, 0.05) is 12.2 Å². The van der Waals surface area contributed by atoms with Crippen LogP contribution in [0.25, 0.3) is 0 Å². The summed E-state index contributed by atoms with van der Waals surface area (Å²) in [5, 5.41) is 3.69. The number of carbonyl (C=O) groups excluding carboxylic acids is 2. The number of nitrogens with zero attached hydrogens (tertiary/aromatic N) is 2. The molecule has 168 valence electrons. The van der Waals surface area contributed by atoms with Crippen molar-refractivity contribution >= 4 is 40.5 Å². The quantitative estimate of drug-likeness (QED) is 0.422. The Hall–Kier alpha value is -3.51. The lowest BCUT2D eigenvalue weighted by Gasteiger charge is -2.30. The third-order valence-corrected chi connectivity index (χ3v) is 6.18. The molecule has 0 saturated carbocycles. The molecule has 5 nitrogen and oxygen atoms in total. The van der Waals surface area contributed by atoms with Crippen LogP contribution < -0.4 is 10.2 Å². The van der Waals surface area contributed by atoms with Crippen LogP contribution >= 0.6 is 12.2 Å². The SMILES string of the molecule is Cc1ccc(NC(=S)N(CCc2ccccc2)[C@H]2CC(=O)N(c3ccc(C)cc3)C2=O)cc1. The number of benzene rings is 3. The van der Waals surface area contributed by atoms with Gasteiger partial charge in [0.1, 0.15) is 6.04 Å². The van der Waals surface area contributed by atoms with E-state index in [0.717, 1.165) is 22.4 Å². The Morgan fingerprint density at radius 1 is 0.939 bits per heavy atom. The number of imide groups is 1. The van der Waals surface area contributed by atoms with Crippen molar-refractivity contribution in [1.82, 2.24) is 4.90 Å². The summed E-state index contributed by atoms with van der Waals surface area (Å²) in [4.78, 5) is 29.5. The van der Waals surface area contributed by atoms with Crippen LogP contribution in [0, 0.1) is 13.8 Å². The fourth-order valence-corrected chi connectivity index (χ4v) is 4.29. The molecule has 0 bridgehead atoms. The molecule has 4 rings (SSSR count). The molecule has 3 aromatic carbocycles. The summed E-state index contributed by atoms with van der Waals surface area (Å²) in [7, 11) is 0. The Morgan fingerprint density at radius 3 is 2.18 bits per heavy atom. The van der Waals surface area contributed by atoms with Crippen molar-refractivity contribution in [3.05, 3.63) is 95.6 Å². The molecule has 0 unspecified atom stereocenters. The molecule has 33 heavy (non-hydrogen) atoms. The second-order valence-electron chi connectivity index (χ2n) is 8.35. The third-order valence-electron chi connectivity index (χ3n) is 5.84. The highest BCUT2D eigenvalue weighted by atomic mass is 32.1. The molecule has 0 aromatic heterocycles. The van der Waals surface area contributed by atoms with E-state index in [0.29, 0.717) is 23.8 Å². The van der Waals surface area contributed by atoms with Crippen LogP contribution in [0.4, 0.5) is 11.4 Å². The fourth-order valence-electron chi connectivity index (χ4n) is 3.95. The molecular formula is C27H27N3O2S. The van der Waals surface area contributed by atoms with Gasteiger partial charge in [-0.2, -0.15) is 0 Å². The van der Waals surface area contributed by atoms with Crippen LogP contribution in [0.5, 0.6) is 0 Å². The molecule has 1 atom stereocenters. The van der Waals surface area contributed by atoms with Gasteiger partial charge in [-0.25, -0.2) is 4.90 Å². The van der Waals surface area contributed by atoms with Crippen molar-refractivity contribution in [1.29, 1.82) is 0 Å². The highest BCUT2D eigenvalue weighted by Crippen LogP contribution is 2.27. The Balaban J connectivity index is 1.58. The van der Waals surface area contributed by atoms with Crippen LogP contribution in [0.3, 0.4) is 0 Å². The van der Waals surface area contributed by atoms with E-state index >= 15 is 0 Å². The molecule has 1 aliphatic rings. The van der Waals surface area contributed by atoms with E-state index in [4.69, 9.17) is 12.2 Å². The van der Waals surface area contributed by atoms with Crippen LogP contribution in [0.15, 0.2) is 78.9 Å². The largest absolute Gasteiger partial charge is 0.336 e. The molecule has 1 fully saturated rings. The Kier molecular flexibility index (Phi) is 6.84. The lowest BCUT2D eigenvalue weighted by molar-refractivity contribution is -0.122. The van der Waals surface area contributed by atoms with Crippen molar-refractivity contribution in [2.45, 2.75) is 32.7 Å². The lowest BCUT2D eigenvalue weighted by atomic mass is 10.1. The number of amides is 2. The van der Waals surface area contributed by atoms with Crippen molar-refractivity contribution in [2.75, 3.05) is 16.8 Å². The minimum atomic E-state index is -0.645. The van der Waals surface area contributed by atoms with Gasteiger partial charge in [0.15, 0.2) is 5.11 Å². The maximum atomic E-state index is 13.4. The lowest BCUT2D eigenvalue weighted by Crippen LogP contribution is -2.48. The van der Waals surface area contributed by atoms with E-state index < -0.39 is 6.04 Å². The summed E-state index contributed by atoms with van der Waals surface area (Å²) >= 11 is 5.74. The van der Waals surface area contributed by atoms with E-state index in [-0.39, 0.29) is 18.2 Å². The predicted molar refractivity (Wildman–Crippen MR) is 136 cm³/mol. The van der Waals surface area contributed by atoms with Crippen LogP contribution in [0.2, 0.25) is 0 Å². The van der Waals surface area contributed by atoms with E-state index in [1.165, 1.54) is 4.90 Å². The van der Waals surface area contributed by atoms with E-state index in [9.17, 15) is 9.59 Å². The number of thiocarbonyl (C=S) groups is 1. The van der Waals surface area contributed by atoms with Gasteiger partial charge in [-0.15, -0.1) is 0 Å². The first-order valence-corrected chi connectivity index (χ1v) is 11.4. The topological polar surface area (TPSA) is 52.7 Å². The average Bonchev–Trinajstić information content (AvgIpc) is 3.10. The molecule has 3 aromatic rings. The van der Waals surface area contributed by atoms with Gasteiger partial charge >= 0.3 is 0 Å². The van der Waals surface area contributed by atoms with Crippen LogP contribution in [-0.4, -0.2) is 34.4 Å². The highest BCUT2D eigenvalue weighted by molar-refractivity contribution is 7.80. The molecule has 1 heterocycles. The normalized spacial score (nSPS) is 15.6. The highest BCUT2D eigenvalue weighted by Gasteiger charge is 2.43. The number of hydrogen-bond donors (Lipinski definition) is 1. The van der Waals surface area contributed by atoms with Crippen molar-refractivity contribution in [2.24, 2.45) is 0 Å². The second-order valence-corrected chi connectivity index (χ2v) is 8.73. The summed E-state index contributed by atoms with van der Waals surface area (Å²) in [5.74, 6) is -0.457. The van der Waals surface area contributed by atoms with Gasteiger partial charge in [0.2, 0.25) is 5.91 Å². The zero-order valence-electron chi connectivity index (χ0n) is 18.8. The molecule has 1 saturated heterocycles. The van der Waals surface area contributed by atoms with Crippen LogP contribution in [0.1, 0.15) is 23.1 Å². The number of carbonyl (C=O) groups is 2. The summed E-state index contributed by atoms with van der Waals surface area (Å²) < 4.78 is 0. The molecular weight excluding hydrogens is 430 g/mol. The summed E-state index contributed by atoms with van der Waals surface area (Å²) in [6.45, 7) is 4.52. The second kappa shape index (κ2) is 9.96. The zero-order chi connectivity index (χ0) is 23.4. The number of anilines is 2. The van der Waals surface area contributed by atoms with Crippen molar-refractivity contribution in [3.63, 3.8) is 0 Å². The molecule has 1 aliphatic heterocycles. The number of hydrogen-bond acceptors (Lipinski definition) is 3. The van der Waals surface area contributed by atoms with Crippen molar-refractivity contribution < 1.29 is 9.59 Å². The zero-order valence-corrected chi connectivity index (χ0v) is 19.6. The predicted octanol–water partition coefficient (Wildman–Crippen LogP) is 4.88. The molecule has 6 heteroatoms. The first-order valence-electron chi connectivity index (χ1n) is 11.0. The van der Waals surface area contributed by atoms with E-state index in [2.05, 4.69) is 17.4 Å². The van der Waals surface area contributed by atoms with Crippen molar-refractivity contribution in [3.8, 4) is 0 Å². The minimum Gasteiger partial charge on any atom is -0.336 e. The molecule has 0 spiro atoms. The molecule has 2 amide bonds. The summed E-state index contributed by atoms with van der Waals surface area (Å²) in [6.07, 6.45) is 0.802. The van der Waals surface area contributed by atoms with E-state index in [1.807, 2.05) is 85.5 Å². The van der Waals surface area contributed by atoms with E-state index in [1.54, 1.807) is 0 Å². The Labute approximate surface area is 200 Å². The first kappa shape index (κ1) is 22.7. The molecule has 0 aliphatic carbocycles. The minimum absolute atomic E-state index is 0.0945. The Morgan fingerprint density at radius 2 is 1.55 bits per heavy atom. The number of nitrogens with one attached hydrogen (secondary N) is 1.